The minimum Gasteiger partial charge on any atom is -0.493 e. The lowest BCUT2D eigenvalue weighted by Crippen LogP contribution is -2.04. The van der Waals surface area contributed by atoms with Crippen LogP contribution in [0.5, 0.6) is 11.5 Å². The molecule has 1 aliphatic carbocycles. The van der Waals surface area contributed by atoms with Crippen LogP contribution in [0, 0.1) is 10.1 Å². The number of methoxy groups -OCH3 is 2. The van der Waals surface area contributed by atoms with E-state index in [0.717, 1.165) is 35.3 Å². The standard InChI is InChI=1S/C19H17N3O4/c1-25-17-9-12-3-4-13-11-21(14-5-7-15(8-6-14)22(23)24)20-19(13)16(12)10-18(17)26-2/h5-11H,3-4H2,1-2H3. The molecule has 0 fully saturated rings. The second kappa shape index (κ2) is 6.18. The van der Waals surface area contributed by atoms with E-state index in [9.17, 15) is 10.1 Å². The number of aryl methyl sites for hydroxylation is 2. The number of fused-ring (bicyclic) bond motifs is 3. The van der Waals surface area contributed by atoms with Gasteiger partial charge in [-0.15, -0.1) is 0 Å². The molecule has 0 N–H and O–H groups in total. The maximum absolute atomic E-state index is 10.8. The van der Waals surface area contributed by atoms with Crippen LogP contribution in [-0.4, -0.2) is 28.9 Å². The molecule has 0 amide bonds. The first-order valence-electron chi connectivity index (χ1n) is 8.19. The summed E-state index contributed by atoms with van der Waals surface area (Å²) in [6.07, 6.45) is 3.76. The molecule has 0 atom stereocenters. The first kappa shape index (κ1) is 16.1. The predicted molar refractivity (Wildman–Crippen MR) is 96.2 cm³/mol. The summed E-state index contributed by atoms with van der Waals surface area (Å²) in [6, 6.07) is 10.3. The van der Waals surface area contributed by atoms with E-state index < -0.39 is 4.92 Å². The summed E-state index contributed by atoms with van der Waals surface area (Å²) in [4.78, 5) is 10.4. The molecule has 26 heavy (non-hydrogen) atoms. The highest BCUT2D eigenvalue weighted by Crippen LogP contribution is 2.40. The Morgan fingerprint density at radius 1 is 1.04 bits per heavy atom. The SMILES string of the molecule is COc1cc2c(cc1OC)-c1nn(-c3ccc([N+](=O)[O-])cc3)cc1CC2. The predicted octanol–water partition coefficient (Wildman–Crippen LogP) is 3.56. The number of hydrogen-bond acceptors (Lipinski definition) is 5. The Bertz CT molecular complexity index is 993. The van der Waals surface area contributed by atoms with Gasteiger partial charge in [-0.3, -0.25) is 10.1 Å². The Hall–Kier alpha value is -3.35. The molecule has 3 aromatic rings. The fourth-order valence-corrected chi connectivity index (χ4v) is 3.30. The molecule has 1 aliphatic rings. The number of aromatic nitrogens is 2. The zero-order valence-corrected chi connectivity index (χ0v) is 14.4. The van der Waals surface area contributed by atoms with Gasteiger partial charge in [0, 0.05) is 23.9 Å². The summed E-state index contributed by atoms with van der Waals surface area (Å²) in [5, 5.41) is 15.5. The molecule has 132 valence electrons. The molecule has 1 heterocycles. The summed E-state index contributed by atoms with van der Waals surface area (Å²) >= 11 is 0. The number of ether oxygens (including phenoxy) is 2. The highest BCUT2D eigenvalue weighted by Gasteiger charge is 2.23. The van der Waals surface area contributed by atoms with E-state index in [1.165, 1.54) is 17.7 Å². The smallest absolute Gasteiger partial charge is 0.269 e. The van der Waals surface area contributed by atoms with Crippen LogP contribution in [0.25, 0.3) is 16.9 Å². The Morgan fingerprint density at radius 3 is 2.35 bits per heavy atom. The van der Waals surface area contributed by atoms with Crippen LogP contribution in [0.4, 0.5) is 5.69 Å². The van der Waals surface area contributed by atoms with Crippen molar-refractivity contribution < 1.29 is 14.4 Å². The van der Waals surface area contributed by atoms with Crippen molar-refractivity contribution in [1.82, 2.24) is 9.78 Å². The van der Waals surface area contributed by atoms with Gasteiger partial charge in [0.25, 0.3) is 5.69 Å². The third-order valence-corrected chi connectivity index (χ3v) is 4.64. The Morgan fingerprint density at radius 2 is 1.69 bits per heavy atom. The van der Waals surface area contributed by atoms with Crippen LogP contribution in [0.1, 0.15) is 11.1 Å². The molecule has 4 rings (SSSR count). The minimum absolute atomic E-state index is 0.0628. The summed E-state index contributed by atoms with van der Waals surface area (Å²) in [7, 11) is 3.24. The quantitative estimate of drug-likeness (QED) is 0.530. The van der Waals surface area contributed by atoms with Gasteiger partial charge in [0.2, 0.25) is 0 Å². The average molecular weight is 351 g/mol. The van der Waals surface area contributed by atoms with Gasteiger partial charge in [0.15, 0.2) is 11.5 Å². The highest BCUT2D eigenvalue weighted by atomic mass is 16.6. The van der Waals surface area contributed by atoms with Gasteiger partial charge in [-0.1, -0.05) is 0 Å². The van der Waals surface area contributed by atoms with Crippen molar-refractivity contribution in [2.45, 2.75) is 12.8 Å². The molecule has 2 aromatic carbocycles. The van der Waals surface area contributed by atoms with Crippen LogP contribution in [0.3, 0.4) is 0 Å². The van der Waals surface area contributed by atoms with Crippen LogP contribution in [-0.2, 0) is 12.8 Å². The van der Waals surface area contributed by atoms with Crippen LogP contribution < -0.4 is 9.47 Å². The molecule has 0 saturated carbocycles. The van der Waals surface area contributed by atoms with Gasteiger partial charge in [0.1, 0.15) is 0 Å². The molecule has 0 saturated heterocycles. The van der Waals surface area contributed by atoms with E-state index in [1.54, 1.807) is 31.0 Å². The second-order valence-electron chi connectivity index (χ2n) is 6.09. The molecule has 7 nitrogen and oxygen atoms in total. The molecular formula is C19H17N3O4. The number of nitro groups is 1. The third kappa shape index (κ3) is 2.57. The van der Waals surface area contributed by atoms with Gasteiger partial charge < -0.3 is 9.47 Å². The van der Waals surface area contributed by atoms with Crippen molar-refractivity contribution in [3.8, 4) is 28.4 Å². The molecule has 0 unspecified atom stereocenters. The fraction of sp³-hybridized carbons (Fsp3) is 0.211. The first-order valence-corrected chi connectivity index (χ1v) is 8.19. The summed E-state index contributed by atoms with van der Waals surface area (Å²) in [6.45, 7) is 0. The topological polar surface area (TPSA) is 79.4 Å². The van der Waals surface area contributed by atoms with Crippen LogP contribution in [0.15, 0.2) is 42.6 Å². The zero-order chi connectivity index (χ0) is 18.3. The maximum atomic E-state index is 10.8. The minimum atomic E-state index is -0.409. The van der Waals surface area contributed by atoms with Crippen molar-refractivity contribution in [3.05, 3.63) is 63.8 Å². The molecule has 0 radical (unpaired) electrons. The third-order valence-electron chi connectivity index (χ3n) is 4.64. The molecule has 1 aromatic heterocycles. The van der Waals surface area contributed by atoms with E-state index in [2.05, 4.69) is 0 Å². The number of benzene rings is 2. The second-order valence-corrected chi connectivity index (χ2v) is 6.09. The molecule has 0 spiro atoms. The van der Waals surface area contributed by atoms with E-state index in [-0.39, 0.29) is 5.69 Å². The maximum Gasteiger partial charge on any atom is 0.269 e. The lowest BCUT2D eigenvalue weighted by molar-refractivity contribution is -0.384. The average Bonchev–Trinajstić information content (AvgIpc) is 3.11. The number of nitro benzene ring substituents is 1. The summed E-state index contributed by atoms with van der Waals surface area (Å²) < 4.78 is 12.6. The lowest BCUT2D eigenvalue weighted by Gasteiger charge is -2.18. The van der Waals surface area contributed by atoms with Gasteiger partial charge in [-0.25, -0.2) is 4.68 Å². The monoisotopic (exact) mass is 351 g/mol. The van der Waals surface area contributed by atoms with E-state index in [0.29, 0.717) is 11.5 Å². The van der Waals surface area contributed by atoms with Gasteiger partial charge in [-0.2, -0.15) is 5.10 Å². The van der Waals surface area contributed by atoms with E-state index >= 15 is 0 Å². The van der Waals surface area contributed by atoms with Gasteiger partial charge in [0.05, 0.1) is 30.5 Å². The number of hydrogen-bond donors (Lipinski definition) is 0. The Kier molecular flexibility index (Phi) is 3.84. The zero-order valence-electron chi connectivity index (χ0n) is 14.4. The largest absolute Gasteiger partial charge is 0.493 e. The Balaban J connectivity index is 1.77. The fourth-order valence-electron chi connectivity index (χ4n) is 3.30. The summed E-state index contributed by atoms with van der Waals surface area (Å²) in [5.41, 5.74) is 5.10. The van der Waals surface area contributed by atoms with Crippen molar-refractivity contribution in [3.63, 3.8) is 0 Å². The Labute approximate surface area is 149 Å². The number of nitrogens with zero attached hydrogens (tertiary/aromatic N) is 3. The normalized spacial score (nSPS) is 12.2. The van der Waals surface area contributed by atoms with Crippen LogP contribution in [0.2, 0.25) is 0 Å². The number of non-ortho nitro benzene ring substituents is 1. The first-order chi connectivity index (χ1) is 12.6. The highest BCUT2D eigenvalue weighted by molar-refractivity contribution is 5.73. The van der Waals surface area contributed by atoms with Crippen molar-refractivity contribution in [1.29, 1.82) is 0 Å². The number of rotatable bonds is 4. The van der Waals surface area contributed by atoms with Gasteiger partial charge >= 0.3 is 0 Å². The van der Waals surface area contributed by atoms with Crippen molar-refractivity contribution >= 4 is 5.69 Å². The molecular weight excluding hydrogens is 334 g/mol. The van der Waals surface area contributed by atoms with Gasteiger partial charge in [-0.05, 0) is 48.2 Å². The van der Waals surface area contributed by atoms with E-state index in [1.807, 2.05) is 18.3 Å². The van der Waals surface area contributed by atoms with Crippen molar-refractivity contribution in [2.24, 2.45) is 0 Å². The summed E-state index contributed by atoms with van der Waals surface area (Å²) in [5.74, 6) is 1.38. The molecule has 7 heteroatoms. The lowest BCUT2D eigenvalue weighted by atomic mass is 9.90. The molecule has 0 aliphatic heterocycles. The molecule has 0 bridgehead atoms. The van der Waals surface area contributed by atoms with E-state index in [4.69, 9.17) is 14.6 Å². The van der Waals surface area contributed by atoms with Crippen LogP contribution >= 0.6 is 0 Å². The van der Waals surface area contributed by atoms with Crippen molar-refractivity contribution in [2.75, 3.05) is 14.2 Å².